The molecule has 0 radical (unpaired) electrons. The molecule has 8 heteroatoms. The Balaban J connectivity index is 1.57. The first-order chi connectivity index (χ1) is 16.0. The molecule has 0 spiro atoms. The summed E-state index contributed by atoms with van der Waals surface area (Å²) in [5.74, 6) is 0.473. The van der Waals surface area contributed by atoms with Gasteiger partial charge in [-0.2, -0.15) is 0 Å². The summed E-state index contributed by atoms with van der Waals surface area (Å²) in [6, 6.07) is 17.9. The zero-order valence-corrected chi connectivity index (χ0v) is 18.8. The standard InChI is InChI=1S/C25H18ClN5OS/c26-17-2-1-3-19(12-17)31(25(28)32)18-6-4-15(5-7-18)21-14-33-23-20(13-30-24(27)22(21)23)16-8-10-29-11-9-16/h1-14H,(H2,27,30)(H2,28,32). The lowest BCUT2D eigenvalue weighted by molar-refractivity contribution is 0.256. The van der Waals surface area contributed by atoms with Crippen LogP contribution in [0.5, 0.6) is 0 Å². The van der Waals surface area contributed by atoms with E-state index < -0.39 is 6.03 Å². The van der Waals surface area contributed by atoms with Crippen LogP contribution in [-0.2, 0) is 0 Å². The third kappa shape index (κ3) is 3.88. The van der Waals surface area contributed by atoms with Gasteiger partial charge >= 0.3 is 6.03 Å². The van der Waals surface area contributed by atoms with Crippen LogP contribution in [0.25, 0.3) is 32.3 Å². The molecule has 0 aliphatic rings. The average Bonchev–Trinajstić information content (AvgIpc) is 3.27. The zero-order valence-electron chi connectivity index (χ0n) is 17.3. The minimum absolute atomic E-state index is 0.473. The quantitative estimate of drug-likeness (QED) is 0.313. The number of rotatable bonds is 4. The molecule has 6 nitrogen and oxygen atoms in total. The molecule has 0 aliphatic carbocycles. The molecule has 5 aromatic rings. The topological polar surface area (TPSA) is 98.1 Å². The van der Waals surface area contributed by atoms with Crippen molar-refractivity contribution < 1.29 is 4.79 Å². The van der Waals surface area contributed by atoms with Crippen LogP contribution in [0.4, 0.5) is 22.0 Å². The number of nitrogen functional groups attached to an aromatic ring is 1. The van der Waals surface area contributed by atoms with Crippen LogP contribution in [0.2, 0.25) is 5.02 Å². The summed E-state index contributed by atoms with van der Waals surface area (Å²) >= 11 is 7.72. The number of fused-ring (bicyclic) bond motifs is 1. The smallest absolute Gasteiger partial charge is 0.323 e. The first kappa shape index (κ1) is 20.9. The van der Waals surface area contributed by atoms with Gasteiger partial charge in [-0.25, -0.2) is 9.78 Å². The van der Waals surface area contributed by atoms with Crippen molar-refractivity contribution in [2.24, 2.45) is 5.73 Å². The number of primary amides is 1. The van der Waals surface area contributed by atoms with E-state index in [1.807, 2.05) is 36.4 Å². The molecule has 2 amide bonds. The Bertz CT molecular complexity index is 1470. The van der Waals surface area contributed by atoms with Gasteiger partial charge in [0.15, 0.2) is 0 Å². The Morgan fingerprint density at radius 1 is 0.939 bits per heavy atom. The van der Waals surface area contributed by atoms with E-state index in [1.165, 1.54) is 4.90 Å². The Hall–Kier alpha value is -3.94. The van der Waals surface area contributed by atoms with Crippen molar-refractivity contribution in [2.45, 2.75) is 0 Å². The number of benzene rings is 2. The summed E-state index contributed by atoms with van der Waals surface area (Å²) in [6.07, 6.45) is 5.32. The number of halogens is 1. The number of aromatic nitrogens is 2. The van der Waals surface area contributed by atoms with Crippen molar-refractivity contribution in [3.05, 3.63) is 89.7 Å². The summed E-state index contributed by atoms with van der Waals surface area (Å²) in [6.45, 7) is 0. The largest absolute Gasteiger partial charge is 0.383 e. The van der Waals surface area contributed by atoms with Crippen LogP contribution in [0, 0.1) is 0 Å². The van der Waals surface area contributed by atoms with E-state index in [9.17, 15) is 4.79 Å². The number of carbonyl (C=O) groups excluding carboxylic acids is 1. The van der Waals surface area contributed by atoms with Crippen molar-refractivity contribution in [1.82, 2.24) is 9.97 Å². The highest BCUT2D eigenvalue weighted by Crippen LogP contribution is 2.42. The van der Waals surface area contributed by atoms with E-state index >= 15 is 0 Å². The van der Waals surface area contributed by atoms with Gasteiger partial charge in [-0.3, -0.25) is 9.88 Å². The van der Waals surface area contributed by atoms with Crippen LogP contribution in [-0.4, -0.2) is 16.0 Å². The molecule has 0 aliphatic heterocycles. The molecule has 0 fully saturated rings. The second-order valence-corrected chi connectivity index (χ2v) is 8.66. The highest BCUT2D eigenvalue weighted by molar-refractivity contribution is 7.18. The minimum atomic E-state index is -0.596. The average molecular weight is 472 g/mol. The first-order valence-electron chi connectivity index (χ1n) is 10.0. The molecular weight excluding hydrogens is 454 g/mol. The molecule has 3 heterocycles. The minimum Gasteiger partial charge on any atom is -0.383 e. The number of thiophene rings is 1. The number of carbonyl (C=O) groups is 1. The predicted octanol–water partition coefficient (Wildman–Crippen LogP) is 6.48. The molecule has 0 atom stereocenters. The SMILES string of the molecule is NC(=O)N(c1ccc(-c2csc3c(-c4ccncc4)cnc(N)c23)cc1)c1cccc(Cl)c1. The van der Waals surface area contributed by atoms with Gasteiger partial charge in [-0.05, 0) is 59.0 Å². The van der Waals surface area contributed by atoms with Crippen LogP contribution in [0.1, 0.15) is 0 Å². The van der Waals surface area contributed by atoms with E-state index in [4.69, 9.17) is 23.1 Å². The maximum absolute atomic E-state index is 12.2. The van der Waals surface area contributed by atoms with Gasteiger partial charge in [-0.1, -0.05) is 29.8 Å². The monoisotopic (exact) mass is 471 g/mol. The lowest BCUT2D eigenvalue weighted by Crippen LogP contribution is -2.31. The van der Waals surface area contributed by atoms with Crippen LogP contribution < -0.4 is 16.4 Å². The maximum Gasteiger partial charge on any atom is 0.323 e. The van der Waals surface area contributed by atoms with E-state index in [0.29, 0.717) is 22.2 Å². The van der Waals surface area contributed by atoms with Crippen LogP contribution in [0.15, 0.2) is 84.6 Å². The van der Waals surface area contributed by atoms with Crippen molar-refractivity contribution >= 4 is 56.2 Å². The molecule has 5 rings (SSSR count). The van der Waals surface area contributed by atoms with E-state index in [1.54, 1.807) is 54.2 Å². The van der Waals surface area contributed by atoms with Gasteiger partial charge in [-0.15, -0.1) is 11.3 Å². The zero-order chi connectivity index (χ0) is 22.9. The van der Waals surface area contributed by atoms with Gasteiger partial charge in [0.05, 0.1) is 11.4 Å². The number of hydrogen-bond acceptors (Lipinski definition) is 5. The Morgan fingerprint density at radius 3 is 2.36 bits per heavy atom. The summed E-state index contributed by atoms with van der Waals surface area (Å²) in [4.78, 5) is 22.1. The predicted molar refractivity (Wildman–Crippen MR) is 136 cm³/mol. The van der Waals surface area contributed by atoms with E-state index in [0.717, 1.165) is 32.3 Å². The highest BCUT2D eigenvalue weighted by atomic mass is 35.5. The fourth-order valence-corrected chi connectivity index (χ4v) is 5.13. The molecule has 3 aromatic heterocycles. The van der Waals surface area contributed by atoms with Gasteiger partial charge in [0.1, 0.15) is 5.82 Å². The maximum atomic E-state index is 12.2. The number of anilines is 3. The van der Waals surface area contributed by atoms with Gasteiger partial charge in [0, 0.05) is 44.8 Å². The third-order valence-corrected chi connectivity index (χ3v) is 6.59. The molecular formula is C25H18ClN5OS. The second kappa shape index (κ2) is 8.54. The van der Waals surface area contributed by atoms with E-state index in [-0.39, 0.29) is 0 Å². The van der Waals surface area contributed by atoms with Gasteiger partial charge < -0.3 is 11.5 Å². The molecule has 0 bridgehead atoms. The number of urea groups is 1. The summed E-state index contributed by atoms with van der Waals surface area (Å²) < 4.78 is 1.06. The molecule has 4 N–H and O–H groups in total. The van der Waals surface area contributed by atoms with Crippen LogP contribution >= 0.6 is 22.9 Å². The molecule has 33 heavy (non-hydrogen) atoms. The van der Waals surface area contributed by atoms with Crippen molar-refractivity contribution in [3.8, 4) is 22.3 Å². The van der Waals surface area contributed by atoms with Crippen molar-refractivity contribution in [2.75, 3.05) is 10.6 Å². The lowest BCUT2D eigenvalue weighted by atomic mass is 10.0. The molecule has 0 unspecified atom stereocenters. The molecule has 0 saturated carbocycles. The summed E-state index contributed by atoms with van der Waals surface area (Å²) in [7, 11) is 0. The lowest BCUT2D eigenvalue weighted by Gasteiger charge is -2.21. The van der Waals surface area contributed by atoms with E-state index in [2.05, 4.69) is 15.3 Å². The third-order valence-electron chi connectivity index (χ3n) is 5.34. The van der Waals surface area contributed by atoms with Crippen molar-refractivity contribution in [3.63, 3.8) is 0 Å². The Kier molecular flexibility index (Phi) is 5.42. The fraction of sp³-hybridized carbons (Fsp3) is 0. The summed E-state index contributed by atoms with van der Waals surface area (Å²) in [5.41, 5.74) is 17.2. The summed E-state index contributed by atoms with van der Waals surface area (Å²) in [5, 5.41) is 3.50. The second-order valence-electron chi connectivity index (χ2n) is 7.35. The number of nitrogens with zero attached hydrogens (tertiary/aromatic N) is 3. The molecule has 0 saturated heterocycles. The molecule has 162 valence electrons. The first-order valence-corrected chi connectivity index (χ1v) is 11.3. The number of amides is 2. The number of hydrogen-bond donors (Lipinski definition) is 2. The van der Waals surface area contributed by atoms with Crippen molar-refractivity contribution in [1.29, 1.82) is 0 Å². The van der Waals surface area contributed by atoms with Crippen LogP contribution in [0.3, 0.4) is 0 Å². The molecule has 2 aromatic carbocycles. The normalized spacial score (nSPS) is 10.9. The number of nitrogens with two attached hydrogens (primary N) is 2. The Labute approximate surface area is 199 Å². The Morgan fingerprint density at radius 2 is 1.67 bits per heavy atom. The van der Waals surface area contributed by atoms with Gasteiger partial charge in [0.2, 0.25) is 0 Å². The fourth-order valence-electron chi connectivity index (χ4n) is 3.83. The van der Waals surface area contributed by atoms with Gasteiger partial charge in [0.25, 0.3) is 0 Å². The number of pyridine rings is 2. The highest BCUT2D eigenvalue weighted by Gasteiger charge is 2.18.